The molecule has 0 heterocycles. The monoisotopic (exact) mass is 526 g/mol. The molecule has 0 unspecified atom stereocenters. The van der Waals surface area contributed by atoms with Crippen molar-refractivity contribution >= 4 is 41.0 Å². The fourth-order valence-electron chi connectivity index (χ4n) is 1.26. The smallest absolute Gasteiger partial charge is 0.662 e. The summed E-state index contributed by atoms with van der Waals surface area (Å²) in [4.78, 5) is 31.2. The van der Waals surface area contributed by atoms with Crippen molar-refractivity contribution in [1.82, 2.24) is 0 Å². The van der Waals surface area contributed by atoms with Crippen molar-refractivity contribution in [1.29, 1.82) is 0 Å². The molecule has 2 aromatic rings. The first-order valence-corrected chi connectivity index (χ1v) is 7.86. The molecule has 9 nitrogen and oxygen atoms in total. The van der Waals surface area contributed by atoms with Crippen molar-refractivity contribution in [3.8, 4) is 0 Å². The Kier molecular flexibility index (Phi) is 30.7. The molecule has 0 radical (unpaired) electrons. The molecular weight excluding hydrogens is 503 g/mol. The SMILES string of the molecule is C.C.COC(=O)Cl.COC(=O)Nc1ccc(F)c(F)c1.Nc1ccc(F)c(F)c1.O=CO[O-].[Na+]. The second kappa shape index (κ2) is 25.1. The number of amides is 1. The third kappa shape index (κ3) is 22.6. The third-order valence-corrected chi connectivity index (χ3v) is 2.65. The summed E-state index contributed by atoms with van der Waals surface area (Å²) < 4.78 is 57.3. The zero-order valence-corrected chi connectivity index (χ0v) is 19.6. The van der Waals surface area contributed by atoms with E-state index in [1.54, 1.807) is 0 Å². The Hall–Kier alpha value is -2.58. The minimum atomic E-state index is -1.02. The van der Waals surface area contributed by atoms with Gasteiger partial charge in [-0.1, -0.05) is 14.9 Å². The summed E-state index contributed by atoms with van der Waals surface area (Å²) in [5.41, 5.74) is 4.72. The van der Waals surface area contributed by atoms with Crippen LogP contribution in [0.25, 0.3) is 0 Å². The van der Waals surface area contributed by atoms with Crippen molar-refractivity contribution in [3.63, 3.8) is 0 Å². The van der Waals surface area contributed by atoms with Gasteiger partial charge < -0.3 is 25.4 Å². The summed E-state index contributed by atoms with van der Waals surface area (Å²) in [5.74, 6) is -3.76. The zero-order valence-electron chi connectivity index (χ0n) is 16.9. The Bertz CT molecular complexity index is 852. The number of ether oxygens (including phenoxy) is 2. The van der Waals surface area contributed by atoms with E-state index in [1.807, 2.05) is 0 Å². The molecule has 0 aromatic heterocycles. The number of carbonyl (C=O) groups excluding carboxylic acids is 3. The van der Waals surface area contributed by atoms with Crippen molar-refractivity contribution < 1.29 is 81.1 Å². The molecule has 0 aliphatic rings. The van der Waals surface area contributed by atoms with Crippen LogP contribution in [0.5, 0.6) is 0 Å². The molecule has 0 fully saturated rings. The number of benzene rings is 2. The molecule has 2 aromatic carbocycles. The van der Waals surface area contributed by atoms with E-state index >= 15 is 0 Å². The molecular formula is C19H24ClF4N2NaO7. The van der Waals surface area contributed by atoms with Crippen LogP contribution in [0.1, 0.15) is 14.9 Å². The summed E-state index contributed by atoms with van der Waals surface area (Å²) in [6, 6.07) is 6.25. The average molecular weight is 527 g/mol. The maximum Gasteiger partial charge on any atom is 1.00 e. The molecule has 3 N–H and O–H groups in total. The largest absolute Gasteiger partial charge is 1.00 e. The summed E-state index contributed by atoms with van der Waals surface area (Å²) in [7, 11) is 2.39. The number of rotatable bonds is 2. The van der Waals surface area contributed by atoms with Crippen LogP contribution in [0.15, 0.2) is 36.4 Å². The first kappa shape index (κ1) is 41.7. The normalized spacial score (nSPS) is 7.76. The van der Waals surface area contributed by atoms with Crippen LogP contribution < -0.4 is 45.9 Å². The van der Waals surface area contributed by atoms with Gasteiger partial charge in [0, 0.05) is 29.0 Å². The van der Waals surface area contributed by atoms with Crippen LogP contribution in [0.2, 0.25) is 0 Å². The second-order valence-corrected chi connectivity index (χ2v) is 4.86. The van der Waals surface area contributed by atoms with Crippen LogP contribution in [0.3, 0.4) is 0 Å². The molecule has 0 saturated heterocycles. The van der Waals surface area contributed by atoms with Crippen molar-refractivity contribution in [2.24, 2.45) is 0 Å². The van der Waals surface area contributed by atoms with Crippen LogP contribution in [0, 0.1) is 23.3 Å². The molecule has 15 heteroatoms. The van der Waals surface area contributed by atoms with Gasteiger partial charge in [0.15, 0.2) is 23.3 Å². The van der Waals surface area contributed by atoms with E-state index in [1.165, 1.54) is 26.4 Å². The predicted octanol–water partition coefficient (Wildman–Crippen LogP) is 1.39. The van der Waals surface area contributed by atoms with E-state index < -0.39 is 34.8 Å². The Morgan fingerprint density at radius 1 is 0.941 bits per heavy atom. The molecule has 0 spiro atoms. The van der Waals surface area contributed by atoms with Gasteiger partial charge in [0.05, 0.1) is 14.2 Å². The second-order valence-electron chi connectivity index (χ2n) is 4.55. The molecule has 0 atom stereocenters. The van der Waals surface area contributed by atoms with E-state index in [0.717, 1.165) is 24.3 Å². The molecule has 0 aliphatic heterocycles. The van der Waals surface area contributed by atoms with Gasteiger partial charge in [-0.05, 0) is 30.3 Å². The van der Waals surface area contributed by atoms with Gasteiger partial charge in [-0.25, -0.2) is 27.2 Å². The fraction of sp³-hybridized carbons (Fsp3) is 0.211. The van der Waals surface area contributed by atoms with Crippen molar-refractivity contribution in [2.75, 3.05) is 25.3 Å². The number of nitrogens with two attached hydrogens (primary N) is 1. The molecule has 0 bridgehead atoms. The topological polar surface area (TPSA) is 140 Å². The van der Waals surface area contributed by atoms with E-state index in [-0.39, 0.29) is 62.3 Å². The predicted molar refractivity (Wildman–Crippen MR) is 112 cm³/mol. The van der Waals surface area contributed by atoms with Crippen LogP contribution in [0.4, 0.5) is 38.5 Å². The Morgan fingerprint density at radius 3 is 1.65 bits per heavy atom. The quantitative estimate of drug-likeness (QED) is 0.114. The first-order chi connectivity index (χ1) is 14.5. The van der Waals surface area contributed by atoms with Gasteiger partial charge >= 0.3 is 41.1 Å². The Morgan fingerprint density at radius 2 is 1.35 bits per heavy atom. The number of hydrogen-bond acceptors (Lipinski definition) is 8. The van der Waals surface area contributed by atoms with Gasteiger partial charge in [0.25, 0.3) is 6.47 Å². The van der Waals surface area contributed by atoms with Crippen molar-refractivity contribution in [2.45, 2.75) is 14.9 Å². The fourth-order valence-corrected chi connectivity index (χ4v) is 1.26. The zero-order chi connectivity index (χ0) is 24.4. The van der Waals surface area contributed by atoms with Gasteiger partial charge in [0.1, 0.15) is 0 Å². The van der Waals surface area contributed by atoms with E-state index in [9.17, 15) is 27.2 Å². The number of anilines is 2. The molecule has 0 saturated carbocycles. The third-order valence-electron chi connectivity index (χ3n) is 2.49. The summed E-state index contributed by atoms with van der Waals surface area (Å²) in [6.45, 7) is -0.181. The Balaban J connectivity index is -0.000000118. The van der Waals surface area contributed by atoms with E-state index in [2.05, 4.69) is 31.3 Å². The maximum atomic E-state index is 12.6. The van der Waals surface area contributed by atoms with Gasteiger partial charge in [-0.3, -0.25) is 10.1 Å². The van der Waals surface area contributed by atoms with Crippen molar-refractivity contribution in [3.05, 3.63) is 59.7 Å². The molecule has 2 rings (SSSR count). The number of nitrogens with one attached hydrogen (secondary N) is 1. The standard InChI is InChI=1S/C8H7F2NO2.C6H5F2N.C2H3ClO2.CH2O3.2CH4.Na/c1-13-8(12)11-5-2-3-6(9)7(10)4-5;7-5-2-1-4(9)3-6(5)8;1-5-2(3)4;2-1-4-3;;;/h2-4H,1H3,(H,11,12);1-3H,9H2;1H3;1,3H;2*1H4;/q;;;;;;+1/p-1. The number of nitrogen functional groups attached to an aromatic ring is 1. The molecule has 0 aliphatic carbocycles. The number of methoxy groups -OCH3 is 2. The van der Waals surface area contributed by atoms with Crippen LogP contribution in [-0.4, -0.2) is 32.2 Å². The van der Waals surface area contributed by atoms with Gasteiger partial charge in [0.2, 0.25) is 0 Å². The number of hydrogen-bond donors (Lipinski definition) is 2. The molecule has 1 amide bonds. The minimum Gasteiger partial charge on any atom is -0.662 e. The summed E-state index contributed by atoms with van der Waals surface area (Å²) in [5, 5.41) is 10.6. The minimum absolute atomic E-state index is 0. The van der Waals surface area contributed by atoms with Crippen LogP contribution in [-0.2, 0) is 19.2 Å². The first-order valence-electron chi connectivity index (χ1n) is 7.48. The van der Waals surface area contributed by atoms with Gasteiger partial charge in [-0.15, -0.1) is 0 Å². The maximum absolute atomic E-state index is 12.6. The molecule has 188 valence electrons. The average Bonchev–Trinajstić information content (AvgIpc) is 2.74. The van der Waals surface area contributed by atoms with Gasteiger partial charge in [-0.2, -0.15) is 0 Å². The van der Waals surface area contributed by atoms with E-state index in [4.69, 9.17) is 15.8 Å². The molecule has 34 heavy (non-hydrogen) atoms. The number of halogens is 5. The van der Waals surface area contributed by atoms with E-state index in [0.29, 0.717) is 0 Å². The summed E-state index contributed by atoms with van der Waals surface area (Å²) in [6.07, 6.45) is -0.731. The number of carbonyl (C=O) groups is 3. The Labute approximate surface area is 221 Å². The van der Waals surface area contributed by atoms with Crippen LogP contribution >= 0.6 is 11.6 Å². The summed E-state index contributed by atoms with van der Waals surface area (Å²) >= 11 is 4.60.